The molecule has 0 aliphatic carbocycles. The van der Waals surface area contributed by atoms with E-state index in [1.54, 1.807) is 0 Å². The summed E-state index contributed by atoms with van der Waals surface area (Å²) in [5, 5.41) is 5.19. The van der Waals surface area contributed by atoms with Crippen molar-refractivity contribution in [1.29, 1.82) is 0 Å². The quantitative estimate of drug-likeness (QED) is 0.913. The monoisotopic (exact) mass is 271 g/mol. The Balaban J connectivity index is 2.08. The van der Waals surface area contributed by atoms with Gasteiger partial charge in [-0.3, -0.25) is 4.68 Å². The van der Waals surface area contributed by atoms with Gasteiger partial charge in [0.05, 0.1) is 23.0 Å². The first-order valence-electron chi connectivity index (χ1n) is 6.68. The molecule has 1 aliphatic rings. The second kappa shape index (κ2) is 6.04. The molecule has 1 aliphatic heterocycles. The van der Waals surface area contributed by atoms with Gasteiger partial charge in [0.15, 0.2) is 0 Å². The Morgan fingerprint density at radius 1 is 1.61 bits per heavy atom. The van der Waals surface area contributed by atoms with Crippen molar-refractivity contribution in [2.24, 2.45) is 11.7 Å². The highest BCUT2D eigenvalue weighted by atomic mass is 35.5. The van der Waals surface area contributed by atoms with E-state index >= 15 is 0 Å². The van der Waals surface area contributed by atoms with Crippen molar-refractivity contribution in [3.8, 4) is 0 Å². The van der Waals surface area contributed by atoms with Gasteiger partial charge in [0.1, 0.15) is 0 Å². The van der Waals surface area contributed by atoms with E-state index in [4.69, 9.17) is 22.1 Å². The van der Waals surface area contributed by atoms with E-state index in [1.807, 2.05) is 11.6 Å². The first-order chi connectivity index (χ1) is 8.63. The van der Waals surface area contributed by atoms with Crippen LogP contribution in [0.4, 0.5) is 0 Å². The minimum atomic E-state index is 0.101. The molecule has 0 aromatic carbocycles. The lowest BCUT2D eigenvalue weighted by Crippen LogP contribution is -2.38. The summed E-state index contributed by atoms with van der Waals surface area (Å²) in [5.74, 6) is 0.440. The predicted molar refractivity (Wildman–Crippen MR) is 72.9 cm³/mol. The molecule has 1 aromatic heterocycles. The largest absolute Gasteiger partial charge is 0.381 e. The third-order valence-corrected chi connectivity index (χ3v) is 4.17. The Kier molecular flexibility index (Phi) is 4.65. The number of hydrogen-bond acceptors (Lipinski definition) is 3. The van der Waals surface area contributed by atoms with Gasteiger partial charge in [-0.1, -0.05) is 11.6 Å². The van der Waals surface area contributed by atoms with E-state index in [9.17, 15) is 0 Å². The molecule has 18 heavy (non-hydrogen) atoms. The van der Waals surface area contributed by atoms with Crippen molar-refractivity contribution < 1.29 is 4.74 Å². The fourth-order valence-corrected chi connectivity index (χ4v) is 2.77. The molecule has 0 bridgehead atoms. The third-order valence-electron chi connectivity index (χ3n) is 3.68. The topological polar surface area (TPSA) is 53.1 Å². The summed E-state index contributed by atoms with van der Waals surface area (Å²) in [7, 11) is 0. The van der Waals surface area contributed by atoms with Gasteiger partial charge >= 0.3 is 0 Å². The van der Waals surface area contributed by atoms with Crippen LogP contribution in [-0.4, -0.2) is 29.0 Å². The van der Waals surface area contributed by atoms with Crippen LogP contribution < -0.4 is 5.73 Å². The molecule has 102 valence electrons. The van der Waals surface area contributed by atoms with Gasteiger partial charge < -0.3 is 10.5 Å². The van der Waals surface area contributed by atoms with Crippen molar-refractivity contribution in [3.63, 3.8) is 0 Å². The maximum Gasteiger partial charge on any atom is 0.0847 e. The number of nitrogens with two attached hydrogens (primary N) is 1. The van der Waals surface area contributed by atoms with Crippen molar-refractivity contribution in [2.75, 3.05) is 13.2 Å². The summed E-state index contributed by atoms with van der Waals surface area (Å²) in [4.78, 5) is 0. The van der Waals surface area contributed by atoms with Gasteiger partial charge in [-0.25, -0.2) is 0 Å². The van der Waals surface area contributed by atoms with Gasteiger partial charge in [-0.05, 0) is 32.6 Å². The zero-order valence-corrected chi connectivity index (χ0v) is 11.9. The summed E-state index contributed by atoms with van der Waals surface area (Å²) in [6, 6.07) is 0.101. The van der Waals surface area contributed by atoms with Gasteiger partial charge in [0.2, 0.25) is 0 Å². The molecule has 2 N–H and O–H groups in total. The molecule has 5 heteroatoms. The Labute approximate surface area is 113 Å². The standard InChI is InChI=1S/C13H22ClN3O/c1-3-17-12(13(14)9(2)16-17)7-11(15)10-5-4-6-18-8-10/h10-11H,3-8,15H2,1-2H3. The smallest absolute Gasteiger partial charge is 0.0847 e. The van der Waals surface area contributed by atoms with Crippen LogP contribution in [0.5, 0.6) is 0 Å². The van der Waals surface area contributed by atoms with Crippen LogP contribution in [0.1, 0.15) is 31.2 Å². The number of halogens is 1. The summed E-state index contributed by atoms with van der Waals surface area (Å²) >= 11 is 6.31. The number of hydrogen-bond donors (Lipinski definition) is 1. The van der Waals surface area contributed by atoms with Crippen LogP contribution in [-0.2, 0) is 17.7 Å². The highest BCUT2D eigenvalue weighted by Gasteiger charge is 2.24. The maximum absolute atomic E-state index is 6.31. The highest BCUT2D eigenvalue weighted by molar-refractivity contribution is 6.31. The van der Waals surface area contributed by atoms with Crippen molar-refractivity contribution in [3.05, 3.63) is 16.4 Å². The lowest BCUT2D eigenvalue weighted by atomic mass is 9.91. The van der Waals surface area contributed by atoms with Gasteiger partial charge in [0, 0.05) is 25.6 Å². The lowest BCUT2D eigenvalue weighted by molar-refractivity contribution is 0.0447. The summed E-state index contributed by atoms with van der Waals surface area (Å²) in [6.45, 7) is 6.49. The molecule has 4 nitrogen and oxygen atoms in total. The molecule has 2 unspecified atom stereocenters. The Bertz CT molecular complexity index is 399. The summed E-state index contributed by atoms with van der Waals surface area (Å²) < 4.78 is 7.46. The zero-order chi connectivity index (χ0) is 13.1. The van der Waals surface area contributed by atoms with Crippen molar-refractivity contribution >= 4 is 11.6 Å². The van der Waals surface area contributed by atoms with Crippen LogP contribution in [0.15, 0.2) is 0 Å². The van der Waals surface area contributed by atoms with E-state index in [-0.39, 0.29) is 6.04 Å². The van der Waals surface area contributed by atoms with Gasteiger partial charge in [-0.15, -0.1) is 0 Å². The minimum absolute atomic E-state index is 0.101. The number of rotatable bonds is 4. The minimum Gasteiger partial charge on any atom is -0.381 e. The molecule has 0 radical (unpaired) electrons. The van der Waals surface area contributed by atoms with Crippen LogP contribution >= 0.6 is 11.6 Å². The molecule has 1 fully saturated rings. The molecule has 1 aromatic rings. The lowest BCUT2D eigenvalue weighted by Gasteiger charge is -2.27. The average molecular weight is 272 g/mol. The predicted octanol–water partition coefficient (Wildman–Crippen LogP) is 2.16. The fraction of sp³-hybridized carbons (Fsp3) is 0.769. The molecular formula is C13H22ClN3O. The molecule has 2 atom stereocenters. The Hall–Kier alpha value is -0.580. The molecule has 2 rings (SSSR count). The summed E-state index contributed by atoms with van der Waals surface area (Å²) in [5.41, 5.74) is 8.26. The van der Waals surface area contributed by atoms with Crippen molar-refractivity contribution in [1.82, 2.24) is 9.78 Å². The van der Waals surface area contributed by atoms with E-state index < -0.39 is 0 Å². The second-order valence-corrected chi connectivity index (χ2v) is 5.39. The van der Waals surface area contributed by atoms with E-state index in [0.29, 0.717) is 5.92 Å². The maximum atomic E-state index is 6.31. The highest BCUT2D eigenvalue weighted by Crippen LogP contribution is 2.25. The first-order valence-corrected chi connectivity index (χ1v) is 7.06. The Morgan fingerprint density at radius 2 is 2.39 bits per heavy atom. The number of nitrogens with zero attached hydrogens (tertiary/aromatic N) is 2. The van der Waals surface area contributed by atoms with E-state index in [0.717, 1.165) is 55.4 Å². The first kappa shape index (κ1) is 13.8. The summed E-state index contributed by atoms with van der Waals surface area (Å²) in [6.07, 6.45) is 3.04. The molecule has 0 amide bonds. The average Bonchev–Trinajstić information content (AvgIpc) is 2.67. The second-order valence-electron chi connectivity index (χ2n) is 5.01. The van der Waals surface area contributed by atoms with E-state index in [2.05, 4.69) is 12.0 Å². The number of aryl methyl sites for hydroxylation is 2. The molecule has 1 saturated heterocycles. The number of aromatic nitrogens is 2. The van der Waals surface area contributed by atoms with Crippen LogP contribution in [0.25, 0.3) is 0 Å². The van der Waals surface area contributed by atoms with Crippen LogP contribution in [0.3, 0.4) is 0 Å². The molecule has 0 spiro atoms. The Morgan fingerprint density at radius 3 is 3.00 bits per heavy atom. The van der Waals surface area contributed by atoms with Gasteiger partial charge in [0.25, 0.3) is 0 Å². The fourth-order valence-electron chi connectivity index (χ4n) is 2.56. The van der Waals surface area contributed by atoms with Crippen LogP contribution in [0.2, 0.25) is 5.02 Å². The number of ether oxygens (including phenoxy) is 1. The molecule has 0 saturated carbocycles. The van der Waals surface area contributed by atoms with Crippen LogP contribution in [0, 0.1) is 12.8 Å². The molecule has 2 heterocycles. The molecular weight excluding hydrogens is 250 g/mol. The van der Waals surface area contributed by atoms with E-state index in [1.165, 1.54) is 0 Å². The SMILES string of the molecule is CCn1nc(C)c(Cl)c1CC(N)C1CCCOC1. The normalized spacial score (nSPS) is 22.1. The third kappa shape index (κ3) is 2.87. The van der Waals surface area contributed by atoms with Gasteiger partial charge in [-0.2, -0.15) is 5.10 Å². The zero-order valence-electron chi connectivity index (χ0n) is 11.2. The van der Waals surface area contributed by atoms with Crippen molar-refractivity contribution in [2.45, 2.75) is 45.7 Å².